The summed E-state index contributed by atoms with van der Waals surface area (Å²) < 4.78 is 21.3. The lowest BCUT2D eigenvalue weighted by Crippen LogP contribution is -2.48. The molecule has 1 saturated heterocycles. The average Bonchev–Trinajstić information content (AvgIpc) is 3.21. The third-order valence-corrected chi connectivity index (χ3v) is 4.79. The molecule has 1 amide bonds. The first-order chi connectivity index (χ1) is 14.1. The Morgan fingerprint density at radius 3 is 2.45 bits per heavy atom. The summed E-state index contributed by atoms with van der Waals surface area (Å²) in [6, 6.07) is 6.96. The van der Waals surface area contributed by atoms with Gasteiger partial charge in [-0.3, -0.25) is 9.78 Å². The Morgan fingerprint density at radius 2 is 1.86 bits per heavy atom. The van der Waals surface area contributed by atoms with Crippen molar-refractivity contribution in [1.29, 1.82) is 0 Å². The molecule has 0 unspecified atom stereocenters. The zero-order valence-corrected chi connectivity index (χ0v) is 16.3. The highest BCUT2D eigenvalue weighted by atomic mass is 16.5. The van der Waals surface area contributed by atoms with Crippen LogP contribution in [0.25, 0.3) is 11.4 Å². The van der Waals surface area contributed by atoms with Crippen LogP contribution in [-0.4, -0.2) is 60.4 Å². The second-order valence-electron chi connectivity index (χ2n) is 6.52. The van der Waals surface area contributed by atoms with Gasteiger partial charge in [-0.1, -0.05) is 5.16 Å². The van der Waals surface area contributed by atoms with Crippen molar-refractivity contribution < 1.29 is 23.5 Å². The summed E-state index contributed by atoms with van der Waals surface area (Å²) in [7, 11) is 4.55. The number of pyridine rings is 1. The molecular weight excluding hydrogens is 376 g/mol. The summed E-state index contributed by atoms with van der Waals surface area (Å²) in [5, 5.41) is 4.01. The standard InChI is InChI=1S/C20H20N4O5/c1-26-15-7-13(8-16(27-2)17(15)28-3)20(25)24-10-14(11-24)19-22-18(23-29-19)12-5-4-6-21-9-12/h4-9,14H,10-11H2,1-3H3. The number of hydrogen-bond acceptors (Lipinski definition) is 8. The number of methoxy groups -OCH3 is 3. The topological polar surface area (TPSA) is 99.8 Å². The molecule has 29 heavy (non-hydrogen) atoms. The average molecular weight is 396 g/mol. The second-order valence-corrected chi connectivity index (χ2v) is 6.52. The van der Waals surface area contributed by atoms with Gasteiger partial charge in [-0.2, -0.15) is 4.98 Å². The largest absolute Gasteiger partial charge is 0.493 e. The van der Waals surface area contributed by atoms with E-state index >= 15 is 0 Å². The number of carbonyl (C=O) groups excluding carboxylic acids is 1. The Balaban J connectivity index is 1.46. The summed E-state index contributed by atoms with van der Waals surface area (Å²) in [5.41, 5.74) is 1.24. The van der Waals surface area contributed by atoms with Crippen molar-refractivity contribution in [3.05, 3.63) is 48.1 Å². The van der Waals surface area contributed by atoms with Gasteiger partial charge in [-0.05, 0) is 24.3 Å². The molecule has 0 atom stereocenters. The van der Waals surface area contributed by atoms with E-state index in [1.54, 1.807) is 29.4 Å². The molecule has 1 aromatic carbocycles. The van der Waals surface area contributed by atoms with Crippen molar-refractivity contribution in [2.75, 3.05) is 34.4 Å². The van der Waals surface area contributed by atoms with Crippen LogP contribution in [0, 0.1) is 0 Å². The first-order valence-electron chi connectivity index (χ1n) is 8.98. The Kier molecular flexibility index (Phi) is 5.03. The first-order valence-corrected chi connectivity index (χ1v) is 8.98. The van der Waals surface area contributed by atoms with E-state index in [4.69, 9.17) is 18.7 Å². The quantitative estimate of drug-likeness (QED) is 0.626. The highest BCUT2D eigenvalue weighted by Crippen LogP contribution is 2.39. The van der Waals surface area contributed by atoms with Gasteiger partial charge in [-0.25, -0.2) is 0 Å². The smallest absolute Gasteiger partial charge is 0.254 e. The minimum atomic E-state index is -0.132. The number of carbonyl (C=O) groups is 1. The summed E-state index contributed by atoms with van der Waals surface area (Å²) >= 11 is 0. The van der Waals surface area contributed by atoms with Crippen LogP contribution in [0.2, 0.25) is 0 Å². The molecule has 0 spiro atoms. The molecule has 1 fully saturated rings. The molecule has 0 saturated carbocycles. The van der Waals surface area contributed by atoms with Crippen LogP contribution >= 0.6 is 0 Å². The van der Waals surface area contributed by atoms with Gasteiger partial charge in [0.15, 0.2) is 11.5 Å². The van der Waals surface area contributed by atoms with Crippen LogP contribution < -0.4 is 14.2 Å². The Labute approximate surface area is 167 Å². The number of likely N-dealkylation sites (tertiary alicyclic amines) is 1. The zero-order chi connectivity index (χ0) is 20.4. The molecule has 9 heteroatoms. The first kappa shape index (κ1) is 18.7. The van der Waals surface area contributed by atoms with E-state index in [0.717, 1.165) is 5.56 Å². The van der Waals surface area contributed by atoms with E-state index < -0.39 is 0 Å². The van der Waals surface area contributed by atoms with Crippen molar-refractivity contribution in [1.82, 2.24) is 20.0 Å². The van der Waals surface area contributed by atoms with Gasteiger partial charge in [0, 0.05) is 36.6 Å². The van der Waals surface area contributed by atoms with Gasteiger partial charge in [0.2, 0.25) is 17.5 Å². The molecule has 3 aromatic rings. The molecule has 0 radical (unpaired) electrons. The van der Waals surface area contributed by atoms with E-state index in [-0.39, 0.29) is 11.8 Å². The van der Waals surface area contributed by atoms with Gasteiger partial charge >= 0.3 is 0 Å². The maximum atomic E-state index is 12.9. The molecule has 1 aliphatic rings. The minimum Gasteiger partial charge on any atom is -0.493 e. The van der Waals surface area contributed by atoms with Gasteiger partial charge in [0.1, 0.15) is 0 Å². The fraction of sp³-hybridized carbons (Fsp3) is 0.300. The van der Waals surface area contributed by atoms with Gasteiger partial charge in [0.25, 0.3) is 5.91 Å². The highest BCUT2D eigenvalue weighted by Gasteiger charge is 2.36. The maximum absolute atomic E-state index is 12.9. The Bertz CT molecular complexity index is 990. The number of hydrogen-bond donors (Lipinski definition) is 0. The molecular formula is C20H20N4O5. The number of rotatable bonds is 6. The van der Waals surface area contributed by atoms with Gasteiger partial charge in [0.05, 0.1) is 27.2 Å². The van der Waals surface area contributed by atoms with E-state index in [9.17, 15) is 4.79 Å². The maximum Gasteiger partial charge on any atom is 0.254 e. The molecule has 9 nitrogen and oxygen atoms in total. The third-order valence-electron chi connectivity index (χ3n) is 4.79. The minimum absolute atomic E-state index is 0.00101. The predicted octanol–water partition coefficient (Wildman–Crippen LogP) is 2.40. The van der Waals surface area contributed by atoms with Crippen LogP contribution in [0.15, 0.2) is 41.2 Å². The molecule has 150 valence electrons. The van der Waals surface area contributed by atoms with E-state index in [0.29, 0.717) is 47.6 Å². The van der Waals surface area contributed by atoms with Crippen LogP contribution in [-0.2, 0) is 0 Å². The fourth-order valence-electron chi connectivity index (χ4n) is 3.20. The summed E-state index contributed by atoms with van der Waals surface area (Å²) in [5.74, 6) is 2.18. The molecule has 4 rings (SSSR count). The van der Waals surface area contributed by atoms with Crippen LogP contribution in [0.4, 0.5) is 0 Å². The number of amides is 1. The van der Waals surface area contributed by atoms with Crippen LogP contribution in [0.1, 0.15) is 22.2 Å². The zero-order valence-electron chi connectivity index (χ0n) is 16.3. The SMILES string of the molecule is COc1cc(C(=O)N2CC(c3nc(-c4cccnc4)no3)C2)cc(OC)c1OC. The summed E-state index contributed by atoms with van der Waals surface area (Å²) in [6.45, 7) is 0.980. The van der Waals surface area contributed by atoms with E-state index in [2.05, 4.69) is 15.1 Å². The number of nitrogens with zero attached hydrogens (tertiary/aromatic N) is 4. The Hall–Kier alpha value is -3.62. The van der Waals surface area contributed by atoms with Crippen LogP contribution in [0.5, 0.6) is 17.2 Å². The third kappa shape index (κ3) is 3.46. The summed E-state index contributed by atoms with van der Waals surface area (Å²) in [4.78, 5) is 23.1. The monoisotopic (exact) mass is 396 g/mol. The van der Waals surface area contributed by atoms with Crippen molar-refractivity contribution in [3.63, 3.8) is 0 Å². The summed E-state index contributed by atoms with van der Waals surface area (Å²) in [6.07, 6.45) is 3.36. The predicted molar refractivity (Wildman–Crippen MR) is 102 cm³/mol. The van der Waals surface area contributed by atoms with Crippen molar-refractivity contribution in [2.45, 2.75) is 5.92 Å². The van der Waals surface area contributed by atoms with Crippen molar-refractivity contribution in [2.24, 2.45) is 0 Å². The molecule has 1 aliphatic heterocycles. The molecule has 0 aliphatic carbocycles. The van der Waals surface area contributed by atoms with Crippen molar-refractivity contribution >= 4 is 5.91 Å². The van der Waals surface area contributed by atoms with Crippen molar-refractivity contribution in [3.8, 4) is 28.6 Å². The molecule has 3 heterocycles. The van der Waals surface area contributed by atoms with E-state index in [1.165, 1.54) is 21.3 Å². The van der Waals surface area contributed by atoms with Crippen LogP contribution in [0.3, 0.4) is 0 Å². The van der Waals surface area contributed by atoms with Gasteiger partial charge in [-0.15, -0.1) is 0 Å². The van der Waals surface area contributed by atoms with E-state index in [1.807, 2.05) is 12.1 Å². The second kappa shape index (κ2) is 7.78. The molecule has 2 aromatic heterocycles. The normalized spacial score (nSPS) is 13.7. The van der Waals surface area contributed by atoms with Gasteiger partial charge < -0.3 is 23.6 Å². The fourth-order valence-corrected chi connectivity index (χ4v) is 3.20. The number of ether oxygens (including phenoxy) is 3. The highest BCUT2D eigenvalue weighted by molar-refractivity contribution is 5.96. The lowest BCUT2D eigenvalue weighted by molar-refractivity contribution is 0.0568. The lowest BCUT2D eigenvalue weighted by atomic mass is 9.98. The number of benzene rings is 1. The molecule has 0 N–H and O–H groups in total. The lowest BCUT2D eigenvalue weighted by Gasteiger charge is -2.37. The Morgan fingerprint density at radius 1 is 1.14 bits per heavy atom. The number of aromatic nitrogens is 3. The molecule has 0 bridgehead atoms.